The Morgan fingerprint density at radius 2 is 1.95 bits per heavy atom. The van der Waals surface area contributed by atoms with Crippen LogP contribution in [0.2, 0.25) is 0 Å². The molecule has 1 aromatic carbocycles. The van der Waals surface area contributed by atoms with Crippen LogP contribution in [0.25, 0.3) is 0 Å². The van der Waals surface area contributed by atoms with Crippen molar-refractivity contribution in [3.8, 4) is 5.75 Å². The predicted molar refractivity (Wildman–Crippen MR) is 80.2 cm³/mol. The van der Waals surface area contributed by atoms with Crippen LogP contribution >= 0.6 is 0 Å². The Morgan fingerprint density at radius 1 is 1.33 bits per heavy atom. The molecule has 0 radical (unpaired) electrons. The third-order valence-corrected chi connectivity index (χ3v) is 2.85. The molecule has 6 nitrogen and oxygen atoms in total. The molecule has 0 fully saturated rings. The summed E-state index contributed by atoms with van der Waals surface area (Å²) in [5, 5.41) is 24.5. The number of hydrogen-bond donors (Lipinski definition) is 4. The minimum Gasteiger partial charge on any atom is -0.508 e. The summed E-state index contributed by atoms with van der Waals surface area (Å²) in [6.07, 6.45) is -0.827. The molecule has 21 heavy (non-hydrogen) atoms. The van der Waals surface area contributed by atoms with E-state index in [9.17, 15) is 15.0 Å². The van der Waals surface area contributed by atoms with Gasteiger partial charge in [-0.3, -0.25) is 0 Å². The second-order valence-electron chi connectivity index (χ2n) is 5.46. The summed E-state index contributed by atoms with van der Waals surface area (Å²) in [6.45, 7) is 6.70. The summed E-state index contributed by atoms with van der Waals surface area (Å²) in [4.78, 5) is 11.8. The fraction of sp³-hybridized carbons (Fsp3) is 0.533. The highest BCUT2D eigenvalue weighted by Crippen LogP contribution is 2.16. The predicted octanol–water partition coefficient (Wildman–Crippen LogP) is 1.54. The fourth-order valence-electron chi connectivity index (χ4n) is 1.75. The second kappa shape index (κ2) is 7.85. The third-order valence-electron chi connectivity index (χ3n) is 2.85. The summed E-state index contributed by atoms with van der Waals surface area (Å²) in [7, 11) is 0. The van der Waals surface area contributed by atoms with Gasteiger partial charge in [0.15, 0.2) is 0 Å². The minimum absolute atomic E-state index is 0.0846. The normalized spacial score (nSPS) is 12.8. The van der Waals surface area contributed by atoms with E-state index in [0.717, 1.165) is 0 Å². The molecule has 0 aliphatic carbocycles. The molecule has 0 aromatic heterocycles. The van der Waals surface area contributed by atoms with Gasteiger partial charge in [0.1, 0.15) is 5.75 Å². The van der Waals surface area contributed by atoms with E-state index in [1.165, 1.54) is 12.1 Å². The molecule has 6 heteroatoms. The summed E-state index contributed by atoms with van der Waals surface area (Å²) in [5.41, 5.74) is 0.144. The molecule has 0 saturated heterocycles. The van der Waals surface area contributed by atoms with Gasteiger partial charge in [0.05, 0.1) is 18.2 Å². The highest BCUT2D eigenvalue weighted by atomic mass is 16.5. The summed E-state index contributed by atoms with van der Waals surface area (Å²) in [6, 6.07) is 5.84. The molecule has 2 amide bonds. The Hall–Kier alpha value is -1.79. The highest BCUT2D eigenvalue weighted by molar-refractivity contribution is 5.74. The van der Waals surface area contributed by atoms with Crippen LogP contribution in [0.5, 0.6) is 5.75 Å². The van der Waals surface area contributed by atoms with Gasteiger partial charge in [-0.15, -0.1) is 0 Å². The number of aliphatic hydroxyl groups excluding tert-OH is 1. The van der Waals surface area contributed by atoms with E-state index in [1.807, 2.05) is 20.8 Å². The van der Waals surface area contributed by atoms with Crippen molar-refractivity contribution in [3.63, 3.8) is 0 Å². The summed E-state index contributed by atoms with van der Waals surface area (Å²) < 4.78 is 5.29. The molecule has 1 rings (SSSR count). The smallest absolute Gasteiger partial charge is 0.315 e. The van der Waals surface area contributed by atoms with Gasteiger partial charge in [0, 0.05) is 13.2 Å². The number of benzene rings is 1. The van der Waals surface area contributed by atoms with Gasteiger partial charge in [-0.1, -0.05) is 12.1 Å². The maximum atomic E-state index is 11.8. The SMILES string of the molecule is CCOCC(C)(C)NC(=O)NCC(O)c1ccc(O)cc1. The Balaban J connectivity index is 2.40. The summed E-state index contributed by atoms with van der Waals surface area (Å²) >= 11 is 0. The van der Waals surface area contributed by atoms with E-state index in [-0.39, 0.29) is 18.3 Å². The zero-order valence-corrected chi connectivity index (χ0v) is 12.7. The molecule has 0 saturated carbocycles. The zero-order chi connectivity index (χ0) is 15.9. The first-order valence-corrected chi connectivity index (χ1v) is 6.95. The number of ether oxygens (including phenoxy) is 1. The van der Waals surface area contributed by atoms with Crippen LogP contribution in [0.1, 0.15) is 32.4 Å². The van der Waals surface area contributed by atoms with E-state index in [4.69, 9.17) is 4.74 Å². The fourth-order valence-corrected chi connectivity index (χ4v) is 1.75. The molecule has 1 unspecified atom stereocenters. The Bertz CT molecular complexity index is 445. The number of amides is 2. The monoisotopic (exact) mass is 296 g/mol. The van der Waals surface area contributed by atoms with Crippen molar-refractivity contribution >= 4 is 6.03 Å². The lowest BCUT2D eigenvalue weighted by Gasteiger charge is -2.26. The Morgan fingerprint density at radius 3 is 2.52 bits per heavy atom. The maximum Gasteiger partial charge on any atom is 0.315 e. The zero-order valence-electron chi connectivity index (χ0n) is 12.7. The van der Waals surface area contributed by atoms with Crippen LogP contribution in [0.15, 0.2) is 24.3 Å². The topological polar surface area (TPSA) is 90.8 Å². The molecule has 0 aliphatic rings. The van der Waals surface area contributed by atoms with Gasteiger partial charge < -0.3 is 25.6 Å². The standard InChI is InChI=1S/C15H24N2O4/c1-4-21-10-15(2,3)17-14(20)16-9-13(19)11-5-7-12(18)8-6-11/h5-8,13,18-19H,4,9-10H2,1-3H3,(H2,16,17,20). The molecule has 0 aliphatic heterocycles. The van der Waals surface area contributed by atoms with Gasteiger partial charge in [0.25, 0.3) is 0 Å². The molecule has 0 heterocycles. The van der Waals surface area contributed by atoms with Crippen molar-refractivity contribution in [2.24, 2.45) is 0 Å². The van der Waals surface area contributed by atoms with Crippen LogP contribution in [-0.2, 0) is 4.74 Å². The number of phenols is 1. The Kier molecular flexibility index (Phi) is 6.45. The lowest BCUT2D eigenvalue weighted by atomic mass is 10.1. The first kappa shape index (κ1) is 17.3. The minimum atomic E-state index is -0.827. The Labute approximate surface area is 125 Å². The number of urea groups is 1. The first-order valence-electron chi connectivity index (χ1n) is 6.95. The quantitative estimate of drug-likeness (QED) is 0.614. The number of phenolic OH excluding ortho intramolecular Hbond substituents is 1. The largest absolute Gasteiger partial charge is 0.508 e. The second-order valence-corrected chi connectivity index (χ2v) is 5.46. The van der Waals surface area contributed by atoms with Gasteiger partial charge in [-0.05, 0) is 38.5 Å². The molecule has 0 spiro atoms. The van der Waals surface area contributed by atoms with Crippen molar-refractivity contribution in [3.05, 3.63) is 29.8 Å². The highest BCUT2D eigenvalue weighted by Gasteiger charge is 2.20. The van der Waals surface area contributed by atoms with E-state index >= 15 is 0 Å². The van der Waals surface area contributed by atoms with E-state index in [0.29, 0.717) is 18.8 Å². The number of carbonyl (C=O) groups is 1. The molecular formula is C15H24N2O4. The van der Waals surface area contributed by atoms with Gasteiger partial charge in [0.2, 0.25) is 0 Å². The maximum absolute atomic E-state index is 11.8. The van der Waals surface area contributed by atoms with Crippen molar-refractivity contribution in [2.75, 3.05) is 19.8 Å². The lowest BCUT2D eigenvalue weighted by Crippen LogP contribution is -2.51. The van der Waals surface area contributed by atoms with Gasteiger partial charge >= 0.3 is 6.03 Å². The molecule has 4 N–H and O–H groups in total. The van der Waals surface area contributed by atoms with Crippen molar-refractivity contribution in [2.45, 2.75) is 32.4 Å². The van der Waals surface area contributed by atoms with Crippen LogP contribution in [-0.4, -0.2) is 41.5 Å². The molecule has 0 bridgehead atoms. The van der Waals surface area contributed by atoms with Crippen LogP contribution < -0.4 is 10.6 Å². The van der Waals surface area contributed by atoms with E-state index in [2.05, 4.69) is 10.6 Å². The van der Waals surface area contributed by atoms with Crippen molar-refractivity contribution < 1.29 is 19.7 Å². The molecular weight excluding hydrogens is 272 g/mol. The van der Waals surface area contributed by atoms with E-state index < -0.39 is 11.6 Å². The molecule has 118 valence electrons. The van der Waals surface area contributed by atoms with Crippen LogP contribution in [0.4, 0.5) is 4.79 Å². The summed E-state index contributed by atoms with van der Waals surface area (Å²) in [5.74, 6) is 0.134. The average molecular weight is 296 g/mol. The number of rotatable bonds is 7. The van der Waals surface area contributed by atoms with E-state index in [1.54, 1.807) is 12.1 Å². The number of aromatic hydroxyl groups is 1. The molecule has 1 atom stereocenters. The van der Waals surface area contributed by atoms with Crippen LogP contribution in [0.3, 0.4) is 0 Å². The first-order chi connectivity index (χ1) is 9.84. The van der Waals surface area contributed by atoms with Crippen molar-refractivity contribution in [1.29, 1.82) is 0 Å². The number of nitrogens with one attached hydrogen (secondary N) is 2. The lowest BCUT2D eigenvalue weighted by molar-refractivity contribution is 0.0945. The number of hydrogen-bond acceptors (Lipinski definition) is 4. The van der Waals surface area contributed by atoms with Crippen molar-refractivity contribution in [1.82, 2.24) is 10.6 Å². The van der Waals surface area contributed by atoms with Crippen LogP contribution in [0, 0.1) is 0 Å². The number of carbonyl (C=O) groups excluding carboxylic acids is 1. The number of aliphatic hydroxyl groups is 1. The average Bonchev–Trinajstić information content (AvgIpc) is 2.43. The third kappa shape index (κ3) is 6.46. The van der Waals surface area contributed by atoms with Gasteiger partial charge in [-0.25, -0.2) is 4.79 Å². The van der Waals surface area contributed by atoms with Gasteiger partial charge in [-0.2, -0.15) is 0 Å². The molecule has 1 aromatic rings.